The molecule has 3 aromatic heterocycles. The number of ether oxygens (including phenoxy) is 2. The zero-order valence-corrected chi connectivity index (χ0v) is 14.8. The monoisotopic (exact) mass is 353 g/mol. The predicted molar refractivity (Wildman–Crippen MR) is 96.3 cm³/mol. The molecule has 1 fully saturated rings. The second kappa shape index (κ2) is 6.29. The van der Waals surface area contributed by atoms with Crippen LogP contribution in [-0.2, 0) is 4.79 Å². The van der Waals surface area contributed by atoms with Gasteiger partial charge in [-0.1, -0.05) is 0 Å². The molecule has 26 heavy (non-hydrogen) atoms. The topological polar surface area (TPSA) is 102 Å². The second-order valence-electron chi connectivity index (χ2n) is 6.27. The smallest absolute Gasteiger partial charge is 0.229 e. The van der Waals surface area contributed by atoms with Gasteiger partial charge in [-0.3, -0.25) is 4.79 Å². The number of nitrogens with one attached hydrogen (secondary N) is 2. The molecule has 0 unspecified atom stereocenters. The highest BCUT2D eigenvalue weighted by Crippen LogP contribution is 2.39. The molecule has 1 aliphatic rings. The van der Waals surface area contributed by atoms with Crippen molar-refractivity contribution in [1.29, 1.82) is 0 Å². The fourth-order valence-electron chi connectivity index (χ4n) is 2.99. The first-order chi connectivity index (χ1) is 12.6. The Hall–Kier alpha value is -3.16. The summed E-state index contributed by atoms with van der Waals surface area (Å²) in [6.45, 7) is 1.98. The summed E-state index contributed by atoms with van der Waals surface area (Å²) < 4.78 is 10.8. The standard InChI is InChI=1S/C18H19N5O3/c1-9-11-7-19-13(23-16(24)10-4-5-10)6-12(11)22-15(9)14-17(25-2)20-8-21-18(14)26-3/h6-8,10,22H,4-5H2,1-3H3,(H,19,23,24). The number of nitrogens with zero attached hydrogens (tertiary/aromatic N) is 3. The summed E-state index contributed by atoms with van der Waals surface area (Å²) in [7, 11) is 3.10. The Kier molecular flexibility index (Phi) is 3.95. The third-order valence-electron chi connectivity index (χ3n) is 4.56. The number of aromatic amines is 1. The highest BCUT2D eigenvalue weighted by molar-refractivity contribution is 5.97. The molecule has 0 aromatic carbocycles. The highest BCUT2D eigenvalue weighted by atomic mass is 16.5. The minimum Gasteiger partial charge on any atom is -0.480 e. The normalized spacial score (nSPS) is 13.7. The number of anilines is 1. The van der Waals surface area contributed by atoms with Crippen molar-refractivity contribution in [1.82, 2.24) is 19.9 Å². The van der Waals surface area contributed by atoms with Crippen molar-refractivity contribution in [3.63, 3.8) is 0 Å². The molecular weight excluding hydrogens is 334 g/mol. The fourth-order valence-corrected chi connectivity index (χ4v) is 2.99. The maximum absolute atomic E-state index is 12.0. The number of pyridine rings is 1. The Labute approximate surface area is 150 Å². The van der Waals surface area contributed by atoms with Gasteiger partial charge >= 0.3 is 0 Å². The molecule has 8 nitrogen and oxygen atoms in total. The Balaban J connectivity index is 1.79. The van der Waals surface area contributed by atoms with Crippen molar-refractivity contribution >= 4 is 22.6 Å². The second-order valence-corrected chi connectivity index (χ2v) is 6.27. The SMILES string of the molecule is COc1ncnc(OC)c1-c1[nH]c2cc(NC(=O)C3CC3)ncc2c1C. The van der Waals surface area contributed by atoms with Crippen molar-refractivity contribution < 1.29 is 14.3 Å². The van der Waals surface area contributed by atoms with E-state index in [9.17, 15) is 4.79 Å². The third kappa shape index (κ3) is 2.73. The number of carbonyl (C=O) groups is 1. The maximum atomic E-state index is 12.0. The first-order valence-corrected chi connectivity index (χ1v) is 8.35. The average Bonchev–Trinajstić information content (AvgIpc) is 3.46. The van der Waals surface area contributed by atoms with E-state index in [1.165, 1.54) is 6.33 Å². The summed E-state index contributed by atoms with van der Waals surface area (Å²) in [6, 6.07) is 1.83. The molecule has 4 rings (SSSR count). The first-order valence-electron chi connectivity index (χ1n) is 8.35. The molecule has 0 aliphatic heterocycles. The lowest BCUT2D eigenvalue weighted by atomic mass is 10.1. The van der Waals surface area contributed by atoms with Crippen molar-refractivity contribution in [2.45, 2.75) is 19.8 Å². The molecule has 0 bridgehead atoms. The molecule has 3 aromatic rings. The van der Waals surface area contributed by atoms with Gasteiger partial charge in [0.05, 0.1) is 25.4 Å². The summed E-state index contributed by atoms with van der Waals surface area (Å²) in [6.07, 6.45) is 5.04. The molecule has 1 aliphatic carbocycles. The third-order valence-corrected chi connectivity index (χ3v) is 4.56. The first kappa shape index (κ1) is 16.3. The van der Waals surface area contributed by atoms with Gasteiger partial charge in [0.1, 0.15) is 17.7 Å². The lowest BCUT2D eigenvalue weighted by molar-refractivity contribution is -0.117. The van der Waals surface area contributed by atoms with Gasteiger partial charge < -0.3 is 19.8 Å². The highest BCUT2D eigenvalue weighted by Gasteiger charge is 2.30. The minimum absolute atomic E-state index is 0.0279. The van der Waals surface area contributed by atoms with Gasteiger partial charge in [0.15, 0.2) is 0 Å². The number of methoxy groups -OCH3 is 2. The number of hydrogen-bond acceptors (Lipinski definition) is 6. The van der Waals surface area contributed by atoms with Crippen LogP contribution in [0.25, 0.3) is 22.2 Å². The van der Waals surface area contributed by atoms with E-state index < -0.39 is 0 Å². The Morgan fingerprint density at radius 3 is 2.50 bits per heavy atom. The van der Waals surface area contributed by atoms with Crippen molar-refractivity contribution in [2.24, 2.45) is 5.92 Å². The number of fused-ring (bicyclic) bond motifs is 1. The fraction of sp³-hybridized carbons (Fsp3) is 0.333. The van der Waals surface area contributed by atoms with Crippen molar-refractivity contribution in [3.05, 3.63) is 24.2 Å². The Bertz CT molecular complexity index is 972. The molecule has 8 heteroatoms. The van der Waals surface area contributed by atoms with Gasteiger partial charge in [-0.25, -0.2) is 15.0 Å². The lowest BCUT2D eigenvalue weighted by Crippen LogP contribution is -2.14. The van der Waals surface area contributed by atoms with Crippen molar-refractivity contribution in [3.8, 4) is 23.0 Å². The van der Waals surface area contributed by atoms with E-state index in [2.05, 4.69) is 25.3 Å². The molecule has 0 spiro atoms. The van der Waals surface area contributed by atoms with E-state index in [1.54, 1.807) is 20.4 Å². The number of aromatic nitrogens is 4. The molecular formula is C18H19N5O3. The van der Waals surface area contributed by atoms with Crippen LogP contribution in [0.4, 0.5) is 5.82 Å². The summed E-state index contributed by atoms with van der Waals surface area (Å²) >= 11 is 0. The summed E-state index contributed by atoms with van der Waals surface area (Å²) in [5, 5.41) is 3.81. The molecule has 134 valence electrons. The van der Waals surface area contributed by atoms with Crippen LogP contribution in [0.15, 0.2) is 18.6 Å². The Morgan fingerprint density at radius 2 is 1.88 bits per heavy atom. The molecule has 2 N–H and O–H groups in total. The molecule has 0 radical (unpaired) electrons. The number of aryl methyl sites for hydroxylation is 1. The summed E-state index contributed by atoms with van der Waals surface area (Å²) in [5.41, 5.74) is 3.27. The van der Waals surface area contributed by atoms with Crippen molar-refractivity contribution in [2.75, 3.05) is 19.5 Å². The van der Waals surface area contributed by atoms with Crippen LogP contribution in [0.5, 0.6) is 11.8 Å². The number of hydrogen-bond donors (Lipinski definition) is 2. The van der Waals surface area contributed by atoms with Crippen LogP contribution >= 0.6 is 0 Å². The average molecular weight is 353 g/mol. The summed E-state index contributed by atoms with van der Waals surface area (Å²) in [4.78, 5) is 28.0. The van der Waals surface area contributed by atoms with Gasteiger partial charge in [-0.2, -0.15) is 0 Å². The van der Waals surface area contributed by atoms with Crippen LogP contribution in [0.1, 0.15) is 18.4 Å². The minimum atomic E-state index is 0.0279. The van der Waals surface area contributed by atoms with Crippen LogP contribution in [0.3, 0.4) is 0 Å². The zero-order valence-electron chi connectivity index (χ0n) is 14.8. The number of carbonyl (C=O) groups excluding carboxylic acids is 1. The van der Waals surface area contributed by atoms with Crippen LogP contribution in [0.2, 0.25) is 0 Å². The largest absolute Gasteiger partial charge is 0.480 e. The lowest BCUT2D eigenvalue weighted by Gasteiger charge is -2.10. The van der Waals surface area contributed by atoms with E-state index in [-0.39, 0.29) is 11.8 Å². The molecule has 0 saturated heterocycles. The van der Waals surface area contributed by atoms with Crippen LogP contribution in [-0.4, -0.2) is 40.1 Å². The quantitative estimate of drug-likeness (QED) is 0.731. The molecule has 1 amide bonds. The summed E-state index contributed by atoms with van der Waals surface area (Å²) in [5.74, 6) is 1.53. The van der Waals surface area contributed by atoms with E-state index in [0.717, 1.165) is 35.0 Å². The molecule has 3 heterocycles. The van der Waals surface area contributed by atoms with Gasteiger partial charge in [0.2, 0.25) is 17.7 Å². The van der Waals surface area contributed by atoms with Crippen LogP contribution < -0.4 is 14.8 Å². The van der Waals surface area contributed by atoms with Crippen LogP contribution in [0, 0.1) is 12.8 Å². The number of amides is 1. The zero-order chi connectivity index (χ0) is 18.3. The van der Waals surface area contributed by atoms with E-state index in [4.69, 9.17) is 9.47 Å². The van der Waals surface area contributed by atoms with Gasteiger partial charge in [0, 0.05) is 23.6 Å². The van der Waals surface area contributed by atoms with Gasteiger partial charge in [0.25, 0.3) is 0 Å². The van der Waals surface area contributed by atoms with Gasteiger partial charge in [-0.05, 0) is 25.3 Å². The number of rotatable bonds is 5. The van der Waals surface area contributed by atoms with E-state index in [0.29, 0.717) is 23.1 Å². The molecule has 1 saturated carbocycles. The maximum Gasteiger partial charge on any atom is 0.229 e. The predicted octanol–water partition coefficient (Wildman–Crippen LogP) is 2.69. The van der Waals surface area contributed by atoms with E-state index >= 15 is 0 Å². The van der Waals surface area contributed by atoms with Gasteiger partial charge in [-0.15, -0.1) is 0 Å². The number of H-pyrrole nitrogens is 1. The molecule has 0 atom stereocenters. The van der Waals surface area contributed by atoms with E-state index in [1.807, 2.05) is 13.0 Å². The Morgan fingerprint density at radius 1 is 1.19 bits per heavy atom.